The molecule has 1 aliphatic rings. The van der Waals surface area contributed by atoms with Crippen molar-refractivity contribution in [3.63, 3.8) is 0 Å². The Kier molecular flexibility index (Phi) is 9.29. The van der Waals surface area contributed by atoms with E-state index in [1.54, 1.807) is 0 Å². The number of imidazole rings is 1. The minimum absolute atomic E-state index is 0.0163. The van der Waals surface area contributed by atoms with Crippen LogP contribution >= 0.6 is 0 Å². The third kappa shape index (κ3) is 6.51. The zero-order valence-corrected chi connectivity index (χ0v) is 24.1. The van der Waals surface area contributed by atoms with E-state index in [2.05, 4.69) is 101 Å². The second-order valence-corrected chi connectivity index (χ2v) is 13.2. The molecule has 5 aromatic rings. The molecule has 0 spiro atoms. The maximum atomic E-state index is 6.12. The van der Waals surface area contributed by atoms with Crippen LogP contribution in [0.1, 0.15) is 60.2 Å². The zero-order valence-electron chi connectivity index (χ0n) is 22.6. The van der Waals surface area contributed by atoms with E-state index in [9.17, 15) is 0 Å². The summed E-state index contributed by atoms with van der Waals surface area (Å²) in [7, 11) is 5.65. The fourth-order valence-corrected chi connectivity index (χ4v) is 9.20. The zero-order chi connectivity index (χ0) is 26.8. The predicted octanol–water partition coefficient (Wildman–Crippen LogP) is 7.50. The van der Waals surface area contributed by atoms with Crippen LogP contribution in [0.3, 0.4) is 0 Å². The van der Waals surface area contributed by atoms with Crippen molar-refractivity contribution in [1.82, 2.24) is 9.55 Å². The molecule has 1 aliphatic carbocycles. The summed E-state index contributed by atoms with van der Waals surface area (Å²) < 4.78 is 2.39. The van der Waals surface area contributed by atoms with E-state index in [1.165, 1.54) is 43.2 Å². The smallest absolute Gasteiger partial charge is 0.0953 e. The Balaban J connectivity index is 0.000000186. The lowest BCUT2D eigenvalue weighted by Crippen LogP contribution is -2.43. The van der Waals surface area contributed by atoms with Crippen molar-refractivity contribution in [3.8, 4) is 0 Å². The van der Waals surface area contributed by atoms with Crippen LogP contribution in [-0.4, -0.2) is 26.9 Å². The van der Waals surface area contributed by atoms with E-state index in [1.807, 2.05) is 48.9 Å². The third-order valence-electron chi connectivity index (χ3n) is 8.07. The summed E-state index contributed by atoms with van der Waals surface area (Å²) in [5, 5.41) is -0.0406. The predicted molar refractivity (Wildman–Crippen MR) is 167 cm³/mol. The number of rotatable bonds is 7. The first kappa shape index (κ1) is 27.0. The molecule has 0 saturated heterocycles. The molecule has 0 bridgehead atoms. The van der Waals surface area contributed by atoms with Gasteiger partial charge in [0, 0.05) is 12.4 Å². The van der Waals surface area contributed by atoms with Crippen molar-refractivity contribution in [2.45, 2.75) is 48.6 Å². The van der Waals surface area contributed by atoms with E-state index < -0.39 is 9.52 Å². The quantitative estimate of drug-likeness (QED) is 0.202. The number of aromatic nitrogens is 2. The molecular formula is C35H37BN2Si. The second-order valence-electron chi connectivity index (χ2n) is 10.6. The van der Waals surface area contributed by atoms with Gasteiger partial charge in [0.05, 0.1) is 28.9 Å². The number of hydrogen-bond acceptors (Lipinski definition) is 1. The van der Waals surface area contributed by atoms with Crippen LogP contribution in [0.25, 0.3) is 0 Å². The number of benzene rings is 4. The highest BCUT2D eigenvalue weighted by molar-refractivity contribution is 6.43. The normalized spacial score (nSPS) is 14.3. The molecule has 1 saturated carbocycles. The van der Waals surface area contributed by atoms with Gasteiger partial charge in [-0.15, -0.1) is 0 Å². The van der Waals surface area contributed by atoms with E-state index >= 15 is 0 Å². The molecule has 2 nitrogen and oxygen atoms in total. The van der Waals surface area contributed by atoms with Crippen molar-refractivity contribution < 1.29 is 0 Å². The Bertz CT molecular complexity index is 1270. The van der Waals surface area contributed by atoms with Crippen LogP contribution in [0, 0.1) is 0 Å². The Morgan fingerprint density at radius 3 is 1.56 bits per heavy atom. The van der Waals surface area contributed by atoms with Gasteiger partial charge in [0.15, 0.2) is 0 Å². The van der Waals surface area contributed by atoms with Gasteiger partial charge >= 0.3 is 0 Å². The lowest BCUT2D eigenvalue weighted by molar-refractivity contribution is 0.482. The summed E-state index contributed by atoms with van der Waals surface area (Å²) in [4.78, 5) is 4.42. The molecule has 1 aromatic heterocycles. The third-order valence-corrected chi connectivity index (χ3v) is 11.2. The molecule has 0 unspecified atom stereocenters. The van der Waals surface area contributed by atoms with Gasteiger partial charge in [-0.2, -0.15) is 0 Å². The molecule has 0 N–H and O–H groups in total. The van der Waals surface area contributed by atoms with Crippen molar-refractivity contribution in [1.29, 1.82) is 0 Å². The average Bonchev–Trinajstić information content (AvgIpc) is 3.58. The molecule has 194 valence electrons. The van der Waals surface area contributed by atoms with Crippen molar-refractivity contribution in [3.05, 3.63) is 162 Å². The molecule has 0 aliphatic heterocycles. The highest BCUT2D eigenvalue weighted by atomic mass is 28.2. The number of hydrogen-bond donors (Lipinski definition) is 0. The first-order valence-corrected chi connectivity index (χ1v) is 15.7. The molecule has 4 aromatic carbocycles. The highest BCUT2D eigenvalue weighted by Crippen LogP contribution is 2.40. The summed E-state index contributed by atoms with van der Waals surface area (Å²) in [6.45, 7) is 0. The van der Waals surface area contributed by atoms with E-state index in [0.29, 0.717) is 0 Å². The van der Waals surface area contributed by atoms with Gasteiger partial charge in [0.2, 0.25) is 0 Å². The maximum absolute atomic E-state index is 6.12. The van der Waals surface area contributed by atoms with E-state index in [0.717, 1.165) is 16.7 Å². The minimum atomic E-state index is -0.470. The van der Waals surface area contributed by atoms with E-state index in [4.69, 9.17) is 7.85 Å². The van der Waals surface area contributed by atoms with Crippen molar-refractivity contribution in [2.24, 2.45) is 0 Å². The summed E-state index contributed by atoms with van der Waals surface area (Å²) in [6.07, 6.45) is 13.1. The molecule has 6 rings (SSSR count). The highest BCUT2D eigenvalue weighted by Gasteiger charge is 2.38. The van der Waals surface area contributed by atoms with Crippen molar-refractivity contribution >= 4 is 17.4 Å². The van der Waals surface area contributed by atoms with Crippen molar-refractivity contribution in [2.75, 3.05) is 0 Å². The summed E-state index contributed by atoms with van der Waals surface area (Å²) in [5.41, 5.74) is 6.03. The summed E-state index contributed by atoms with van der Waals surface area (Å²) in [5.74, 6) is -0.0163. The fraction of sp³-hybridized carbons (Fsp3) is 0.229. The maximum Gasteiger partial charge on any atom is 0.0953 e. The van der Waals surface area contributed by atoms with E-state index in [-0.39, 0.29) is 11.0 Å². The molecular weight excluding hydrogens is 487 g/mol. The van der Waals surface area contributed by atoms with Crippen LogP contribution in [-0.2, 0) is 5.16 Å². The molecule has 4 heteroatoms. The largest absolute Gasteiger partial charge is 0.327 e. The van der Waals surface area contributed by atoms with Crippen LogP contribution in [0.4, 0.5) is 0 Å². The van der Waals surface area contributed by atoms with Crippen LogP contribution in [0.15, 0.2) is 140 Å². The van der Waals surface area contributed by atoms with Crippen LogP contribution in [0.5, 0.6) is 0 Å². The topological polar surface area (TPSA) is 17.8 Å². The van der Waals surface area contributed by atoms with Gasteiger partial charge in [-0.05, 0) is 33.6 Å². The fourth-order valence-electron chi connectivity index (χ4n) is 6.04. The molecule has 1 heterocycles. The molecule has 39 heavy (non-hydrogen) atoms. The Morgan fingerprint density at radius 1 is 0.667 bits per heavy atom. The minimum Gasteiger partial charge on any atom is -0.327 e. The monoisotopic (exact) mass is 524 g/mol. The summed E-state index contributed by atoms with van der Waals surface area (Å²) in [6, 6.07) is 42.5. The SMILES string of the molecule is [B]C(c1ccccc1)c1ccccc1.c1ccc(C([SiH2]C2CCCCC2)(c2ccccc2)n2ccnc2)cc1. The van der Waals surface area contributed by atoms with Gasteiger partial charge in [-0.3, -0.25) is 0 Å². The second kappa shape index (κ2) is 13.4. The first-order chi connectivity index (χ1) is 19.3. The lowest BCUT2D eigenvalue weighted by atomic mass is 9.76. The van der Waals surface area contributed by atoms with Gasteiger partial charge in [0.25, 0.3) is 0 Å². The standard InChI is InChI=1S/C22H26N2Si.C13H11B/c1-4-10-19(11-5-1)22(24-17-16-23-18-24,20-12-6-2-7-13-20)25-21-14-8-3-9-15-21;14-13(11-7-3-1-4-8-11)12-9-5-2-6-10-12/h1-2,4-7,10-13,16-18,21H,3,8-9,14-15,25H2;1-10,13H. The van der Waals surface area contributed by atoms with Gasteiger partial charge in [0.1, 0.15) is 0 Å². The average molecular weight is 525 g/mol. The van der Waals surface area contributed by atoms with Gasteiger partial charge in [-0.1, -0.05) is 153 Å². The molecule has 0 atom stereocenters. The first-order valence-electron chi connectivity index (χ1n) is 14.2. The van der Waals surface area contributed by atoms with Gasteiger partial charge in [-0.25, -0.2) is 4.98 Å². The van der Waals surface area contributed by atoms with Gasteiger partial charge < -0.3 is 4.57 Å². The van der Waals surface area contributed by atoms with Crippen LogP contribution in [0.2, 0.25) is 5.54 Å². The Labute approximate surface area is 237 Å². The number of nitrogens with zero attached hydrogens (tertiary/aromatic N) is 2. The lowest BCUT2D eigenvalue weighted by Gasteiger charge is -2.40. The van der Waals surface area contributed by atoms with Crippen LogP contribution < -0.4 is 0 Å². The molecule has 1 fully saturated rings. The summed E-state index contributed by atoms with van der Waals surface area (Å²) >= 11 is 0. The Morgan fingerprint density at radius 2 is 1.13 bits per heavy atom. The molecule has 2 radical (unpaired) electrons. The molecule has 0 amide bonds. The Hall–Kier alpha value is -3.63.